The maximum Gasteiger partial charge on any atom is 0.328 e. The van der Waals surface area contributed by atoms with Crippen molar-refractivity contribution >= 4 is 11.9 Å². The van der Waals surface area contributed by atoms with Crippen molar-refractivity contribution in [3.05, 3.63) is 35.4 Å². The zero-order valence-corrected chi connectivity index (χ0v) is 13.0. The van der Waals surface area contributed by atoms with Crippen LogP contribution < -0.4 is 0 Å². The van der Waals surface area contributed by atoms with E-state index in [1.807, 2.05) is 12.1 Å². The van der Waals surface area contributed by atoms with Gasteiger partial charge in [0, 0.05) is 19.0 Å². The summed E-state index contributed by atoms with van der Waals surface area (Å²) in [6, 6.07) is 7.93. The standard InChI is InChI=1S/C18H22N2O2/c1-12-6-8-15(9-7-12)20-17(21)16-10-13-4-2-3-5-14(13)11-19(16)18(20)22/h2-5,12,15-16H,6-11H2,1H3. The third-order valence-electron chi connectivity index (χ3n) is 5.57. The number of hydrogen-bond donors (Lipinski definition) is 0. The summed E-state index contributed by atoms with van der Waals surface area (Å²) in [5.41, 5.74) is 2.39. The first-order valence-corrected chi connectivity index (χ1v) is 8.35. The molecule has 1 saturated heterocycles. The van der Waals surface area contributed by atoms with Crippen molar-refractivity contribution in [2.24, 2.45) is 5.92 Å². The third-order valence-corrected chi connectivity index (χ3v) is 5.57. The van der Waals surface area contributed by atoms with Crippen LogP contribution in [0.15, 0.2) is 24.3 Å². The lowest BCUT2D eigenvalue weighted by molar-refractivity contribution is -0.130. The van der Waals surface area contributed by atoms with Crippen LogP contribution in [0.2, 0.25) is 0 Å². The van der Waals surface area contributed by atoms with E-state index in [0.29, 0.717) is 13.0 Å². The Morgan fingerprint density at radius 2 is 1.68 bits per heavy atom. The maximum atomic E-state index is 12.8. The molecule has 0 aromatic heterocycles. The summed E-state index contributed by atoms with van der Waals surface area (Å²) < 4.78 is 0. The van der Waals surface area contributed by atoms with Gasteiger partial charge in [-0.05, 0) is 42.7 Å². The summed E-state index contributed by atoms with van der Waals surface area (Å²) >= 11 is 0. The summed E-state index contributed by atoms with van der Waals surface area (Å²) in [6.45, 7) is 2.83. The Morgan fingerprint density at radius 1 is 1.00 bits per heavy atom. The SMILES string of the molecule is CC1CCC(N2C(=O)C3Cc4ccccc4CN3C2=O)CC1. The smallest absolute Gasteiger partial charge is 0.308 e. The molecule has 1 aromatic rings. The van der Waals surface area contributed by atoms with Gasteiger partial charge in [0.1, 0.15) is 6.04 Å². The highest BCUT2D eigenvalue weighted by Gasteiger charge is 2.49. The fraction of sp³-hybridized carbons (Fsp3) is 0.556. The zero-order chi connectivity index (χ0) is 15.3. The average molecular weight is 298 g/mol. The minimum absolute atomic E-state index is 0.0269. The molecule has 22 heavy (non-hydrogen) atoms. The Hall–Kier alpha value is -1.84. The lowest BCUT2D eigenvalue weighted by Crippen LogP contribution is -2.43. The van der Waals surface area contributed by atoms with Gasteiger partial charge in [0.2, 0.25) is 0 Å². The molecule has 2 fully saturated rings. The molecule has 4 heteroatoms. The second-order valence-corrected chi connectivity index (χ2v) is 7.02. The molecule has 1 saturated carbocycles. The van der Waals surface area contributed by atoms with Crippen LogP contribution >= 0.6 is 0 Å². The lowest BCUT2D eigenvalue weighted by Gasteiger charge is -2.32. The molecule has 0 radical (unpaired) electrons. The van der Waals surface area contributed by atoms with Crippen LogP contribution in [0.1, 0.15) is 43.7 Å². The van der Waals surface area contributed by atoms with Gasteiger partial charge >= 0.3 is 6.03 Å². The van der Waals surface area contributed by atoms with Gasteiger partial charge in [-0.15, -0.1) is 0 Å². The van der Waals surface area contributed by atoms with E-state index in [4.69, 9.17) is 0 Å². The van der Waals surface area contributed by atoms with Crippen LogP contribution in [0, 0.1) is 5.92 Å². The minimum atomic E-state index is -0.276. The first kappa shape index (κ1) is 13.8. The second-order valence-electron chi connectivity index (χ2n) is 7.02. The van der Waals surface area contributed by atoms with Crippen molar-refractivity contribution in [3.63, 3.8) is 0 Å². The molecule has 1 aromatic carbocycles. The summed E-state index contributed by atoms with van der Waals surface area (Å²) in [5.74, 6) is 0.745. The predicted octanol–water partition coefficient (Wildman–Crippen LogP) is 2.95. The Kier molecular flexibility index (Phi) is 3.21. The van der Waals surface area contributed by atoms with E-state index in [0.717, 1.165) is 31.6 Å². The lowest BCUT2D eigenvalue weighted by atomic mass is 9.86. The van der Waals surface area contributed by atoms with E-state index < -0.39 is 0 Å². The van der Waals surface area contributed by atoms with Crippen LogP contribution in [-0.4, -0.2) is 33.8 Å². The van der Waals surface area contributed by atoms with Crippen LogP contribution in [0.25, 0.3) is 0 Å². The Bertz CT molecular complexity index is 576. The average Bonchev–Trinajstić information content (AvgIpc) is 2.78. The minimum Gasteiger partial charge on any atom is -0.308 e. The topological polar surface area (TPSA) is 40.6 Å². The maximum absolute atomic E-state index is 12.8. The van der Waals surface area contributed by atoms with Crippen molar-refractivity contribution in [1.29, 1.82) is 0 Å². The number of amides is 3. The fourth-order valence-electron chi connectivity index (χ4n) is 4.17. The van der Waals surface area contributed by atoms with Crippen LogP contribution in [0.4, 0.5) is 4.79 Å². The molecule has 3 amide bonds. The van der Waals surface area contributed by atoms with Gasteiger partial charge < -0.3 is 4.90 Å². The molecule has 2 heterocycles. The number of hydrogen-bond acceptors (Lipinski definition) is 2. The number of nitrogens with zero attached hydrogens (tertiary/aromatic N) is 2. The highest BCUT2D eigenvalue weighted by atomic mass is 16.2. The Balaban J connectivity index is 1.59. The van der Waals surface area contributed by atoms with Gasteiger partial charge in [0.05, 0.1) is 0 Å². The van der Waals surface area contributed by atoms with E-state index >= 15 is 0 Å². The molecule has 4 nitrogen and oxygen atoms in total. The molecule has 0 bridgehead atoms. The van der Waals surface area contributed by atoms with Crippen LogP contribution in [0.5, 0.6) is 0 Å². The van der Waals surface area contributed by atoms with E-state index in [9.17, 15) is 9.59 Å². The molecular weight excluding hydrogens is 276 g/mol. The molecule has 3 aliphatic rings. The third kappa shape index (κ3) is 2.04. The largest absolute Gasteiger partial charge is 0.328 e. The van der Waals surface area contributed by atoms with Crippen molar-refractivity contribution in [1.82, 2.24) is 9.80 Å². The van der Waals surface area contributed by atoms with Gasteiger partial charge in [-0.1, -0.05) is 31.2 Å². The van der Waals surface area contributed by atoms with Gasteiger partial charge in [-0.2, -0.15) is 0 Å². The van der Waals surface area contributed by atoms with Crippen LogP contribution in [-0.2, 0) is 17.8 Å². The number of carbonyl (C=O) groups is 2. The fourth-order valence-corrected chi connectivity index (χ4v) is 4.17. The van der Waals surface area contributed by atoms with E-state index in [1.54, 1.807) is 9.80 Å². The first-order chi connectivity index (χ1) is 10.6. The molecule has 0 N–H and O–H groups in total. The Labute approximate surface area is 131 Å². The van der Waals surface area contributed by atoms with Gasteiger partial charge in [0.25, 0.3) is 5.91 Å². The summed E-state index contributed by atoms with van der Waals surface area (Å²) in [6.07, 6.45) is 4.83. The summed E-state index contributed by atoms with van der Waals surface area (Å²) in [7, 11) is 0. The molecule has 4 rings (SSSR count). The number of imide groups is 1. The van der Waals surface area contributed by atoms with Gasteiger partial charge in [-0.3, -0.25) is 9.69 Å². The number of rotatable bonds is 1. The quantitative estimate of drug-likeness (QED) is 0.748. The molecule has 116 valence electrons. The first-order valence-electron chi connectivity index (χ1n) is 8.35. The zero-order valence-electron chi connectivity index (χ0n) is 13.0. The van der Waals surface area contributed by atoms with Gasteiger partial charge in [0.15, 0.2) is 0 Å². The summed E-state index contributed by atoms with van der Waals surface area (Å²) in [5, 5.41) is 0. The highest BCUT2D eigenvalue weighted by molar-refractivity contribution is 6.05. The summed E-state index contributed by atoms with van der Waals surface area (Å²) in [4.78, 5) is 28.9. The number of carbonyl (C=O) groups excluding carboxylic acids is 2. The Morgan fingerprint density at radius 3 is 2.41 bits per heavy atom. The molecular formula is C18H22N2O2. The monoisotopic (exact) mass is 298 g/mol. The van der Waals surface area contributed by atoms with Crippen molar-refractivity contribution in [3.8, 4) is 0 Å². The van der Waals surface area contributed by atoms with Crippen molar-refractivity contribution < 1.29 is 9.59 Å². The second kappa shape index (κ2) is 5.11. The van der Waals surface area contributed by atoms with E-state index in [2.05, 4.69) is 19.1 Å². The van der Waals surface area contributed by atoms with Crippen molar-refractivity contribution in [2.45, 2.75) is 57.7 Å². The predicted molar refractivity (Wildman–Crippen MR) is 83.1 cm³/mol. The highest BCUT2D eigenvalue weighted by Crippen LogP contribution is 2.35. The number of benzene rings is 1. The van der Waals surface area contributed by atoms with Gasteiger partial charge in [-0.25, -0.2) is 4.79 Å². The number of fused-ring (bicyclic) bond motifs is 2. The van der Waals surface area contributed by atoms with Crippen LogP contribution in [0.3, 0.4) is 0 Å². The molecule has 1 atom stereocenters. The molecule has 1 unspecified atom stereocenters. The van der Waals surface area contributed by atoms with Crippen molar-refractivity contribution in [2.75, 3.05) is 0 Å². The normalized spacial score (nSPS) is 31.2. The molecule has 0 spiro atoms. The molecule has 2 aliphatic heterocycles. The number of urea groups is 1. The van der Waals surface area contributed by atoms with E-state index in [1.165, 1.54) is 11.1 Å². The molecule has 1 aliphatic carbocycles. The van der Waals surface area contributed by atoms with E-state index in [-0.39, 0.29) is 24.0 Å².